The van der Waals surface area contributed by atoms with E-state index in [1.54, 1.807) is 6.33 Å². The lowest BCUT2D eigenvalue weighted by molar-refractivity contribution is 0.275. The van der Waals surface area contributed by atoms with Crippen molar-refractivity contribution in [3.8, 4) is 0 Å². The zero-order valence-electron chi connectivity index (χ0n) is 10.6. The first-order chi connectivity index (χ1) is 8.11. The molecule has 1 aliphatic heterocycles. The van der Waals surface area contributed by atoms with Gasteiger partial charge in [0, 0.05) is 19.3 Å². The van der Waals surface area contributed by atoms with Crippen LogP contribution in [0.15, 0.2) is 12.5 Å². The van der Waals surface area contributed by atoms with Gasteiger partial charge in [0.1, 0.15) is 17.8 Å². The molecule has 0 atom stereocenters. The number of nitrogens with one attached hydrogen (secondary N) is 1. The van der Waals surface area contributed by atoms with Crippen LogP contribution in [0.2, 0.25) is 0 Å². The summed E-state index contributed by atoms with van der Waals surface area (Å²) in [6, 6.07) is 0. The maximum absolute atomic E-state index is 4.47. The van der Waals surface area contributed by atoms with Gasteiger partial charge in [-0.2, -0.15) is 0 Å². The van der Waals surface area contributed by atoms with E-state index in [-0.39, 0.29) is 0 Å². The molecule has 1 N–H and O–H groups in total. The van der Waals surface area contributed by atoms with Gasteiger partial charge in [0.15, 0.2) is 0 Å². The molecule has 1 fully saturated rings. The van der Waals surface area contributed by atoms with Crippen LogP contribution in [0, 0.1) is 5.41 Å². The number of hydrogen-bond donors (Lipinski definition) is 1. The molecule has 0 aliphatic carbocycles. The average molecular weight is 230 g/mol. The Bertz CT molecular complexity index is 548. The standard InChI is InChI=1S/C13H18N4/c1-4-9-5-14-11-10(9)12(16-8-15-11)17-6-13(2,3)7-17/h5,8H,4,6-7H2,1-3H3,(H,14,15,16). The van der Waals surface area contributed by atoms with Crippen molar-refractivity contribution in [2.75, 3.05) is 18.0 Å². The fourth-order valence-corrected chi connectivity index (χ4v) is 2.66. The molecule has 0 bridgehead atoms. The molecular weight excluding hydrogens is 212 g/mol. The van der Waals surface area contributed by atoms with Crippen LogP contribution in [-0.2, 0) is 6.42 Å². The molecule has 4 nitrogen and oxygen atoms in total. The van der Waals surface area contributed by atoms with E-state index >= 15 is 0 Å². The second-order valence-corrected chi connectivity index (χ2v) is 5.61. The quantitative estimate of drug-likeness (QED) is 0.861. The Morgan fingerprint density at radius 2 is 2.12 bits per heavy atom. The lowest BCUT2D eigenvalue weighted by atomic mass is 9.84. The van der Waals surface area contributed by atoms with E-state index in [9.17, 15) is 0 Å². The van der Waals surface area contributed by atoms with E-state index in [0.717, 1.165) is 31.0 Å². The van der Waals surface area contributed by atoms with Crippen LogP contribution >= 0.6 is 0 Å². The van der Waals surface area contributed by atoms with Crippen LogP contribution in [0.5, 0.6) is 0 Å². The molecule has 90 valence electrons. The molecule has 2 aromatic rings. The molecule has 0 spiro atoms. The number of nitrogens with zero attached hydrogens (tertiary/aromatic N) is 3. The number of rotatable bonds is 2. The number of anilines is 1. The van der Waals surface area contributed by atoms with E-state index in [2.05, 4.69) is 40.6 Å². The third kappa shape index (κ3) is 1.59. The summed E-state index contributed by atoms with van der Waals surface area (Å²) in [5.74, 6) is 1.09. The minimum Gasteiger partial charge on any atom is -0.355 e. The van der Waals surface area contributed by atoms with Gasteiger partial charge in [-0.1, -0.05) is 20.8 Å². The number of H-pyrrole nitrogens is 1. The molecule has 3 rings (SSSR count). The minimum atomic E-state index is 0.417. The highest BCUT2D eigenvalue weighted by molar-refractivity contribution is 5.91. The molecular formula is C13H18N4. The van der Waals surface area contributed by atoms with Crippen LogP contribution in [0.3, 0.4) is 0 Å². The molecule has 3 heterocycles. The van der Waals surface area contributed by atoms with Crippen LogP contribution < -0.4 is 4.90 Å². The summed E-state index contributed by atoms with van der Waals surface area (Å²) >= 11 is 0. The van der Waals surface area contributed by atoms with Crippen molar-refractivity contribution in [1.29, 1.82) is 0 Å². The summed E-state index contributed by atoms with van der Waals surface area (Å²) in [5.41, 5.74) is 2.68. The van der Waals surface area contributed by atoms with E-state index < -0.39 is 0 Å². The Hall–Kier alpha value is -1.58. The molecule has 1 saturated heterocycles. The highest BCUT2D eigenvalue weighted by atomic mass is 15.3. The summed E-state index contributed by atoms with van der Waals surface area (Å²) in [6.45, 7) is 8.90. The van der Waals surface area contributed by atoms with Crippen molar-refractivity contribution in [2.45, 2.75) is 27.2 Å². The topological polar surface area (TPSA) is 44.8 Å². The normalized spacial score (nSPS) is 18.4. The van der Waals surface area contributed by atoms with Gasteiger partial charge >= 0.3 is 0 Å². The summed E-state index contributed by atoms with van der Waals surface area (Å²) in [7, 11) is 0. The Labute approximate surface area is 101 Å². The molecule has 1 aliphatic rings. The molecule has 4 heteroatoms. The number of fused-ring (bicyclic) bond motifs is 1. The monoisotopic (exact) mass is 230 g/mol. The van der Waals surface area contributed by atoms with Gasteiger partial charge in [-0.15, -0.1) is 0 Å². The van der Waals surface area contributed by atoms with Gasteiger partial charge in [-0.3, -0.25) is 0 Å². The molecule has 2 aromatic heterocycles. The van der Waals surface area contributed by atoms with Gasteiger partial charge in [0.05, 0.1) is 5.39 Å². The van der Waals surface area contributed by atoms with Crippen molar-refractivity contribution in [3.63, 3.8) is 0 Å². The van der Waals surface area contributed by atoms with Gasteiger partial charge in [0.2, 0.25) is 0 Å². The van der Waals surface area contributed by atoms with Crippen molar-refractivity contribution >= 4 is 16.9 Å². The van der Waals surface area contributed by atoms with Crippen LogP contribution in [-0.4, -0.2) is 28.0 Å². The Kier molecular flexibility index (Phi) is 2.15. The molecule has 0 radical (unpaired) electrons. The Morgan fingerprint density at radius 1 is 1.35 bits per heavy atom. The van der Waals surface area contributed by atoms with Crippen LogP contribution in [0.1, 0.15) is 26.3 Å². The van der Waals surface area contributed by atoms with Crippen LogP contribution in [0.4, 0.5) is 5.82 Å². The molecule has 0 unspecified atom stereocenters. The third-order valence-electron chi connectivity index (χ3n) is 3.45. The number of hydrogen-bond acceptors (Lipinski definition) is 3. The fraction of sp³-hybridized carbons (Fsp3) is 0.538. The van der Waals surface area contributed by atoms with Gasteiger partial charge in [-0.25, -0.2) is 9.97 Å². The van der Waals surface area contributed by atoms with Crippen LogP contribution in [0.25, 0.3) is 11.0 Å². The molecule has 0 amide bonds. The van der Waals surface area contributed by atoms with Gasteiger partial charge in [0.25, 0.3) is 0 Å². The van der Waals surface area contributed by atoms with Crippen molar-refractivity contribution in [2.24, 2.45) is 5.41 Å². The van der Waals surface area contributed by atoms with E-state index in [1.807, 2.05) is 6.20 Å². The van der Waals surface area contributed by atoms with E-state index in [0.29, 0.717) is 5.41 Å². The molecule has 17 heavy (non-hydrogen) atoms. The largest absolute Gasteiger partial charge is 0.355 e. The summed E-state index contributed by atoms with van der Waals surface area (Å²) in [4.78, 5) is 14.3. The second kappa shape index (κ2) is 3.45. The predicted octanol–water partition coefficient (Wildman–Crippen LogP) is 2.37. The predicted molar refractivity (Wildman–Crippen MR) is 69.3 cm³/mol. The first-order valence-corrected chi connectivity index (χ1v) is 6.16. The smallest absolute Gasteiger partial charge is 0.143 e. The van der Waals surface area contributed by atoms with Crippen molar-refractivity contribution < 1.29 is 0 Å². The first-order valence-electron chi connectivity index (χ1n) is 6.16. The second-order valence-electron chi connectivity index (χ2n) is 5.61. The minimum absolute atomic E-state index is 0.417. The van der Waals surface area contributed by atoms with E-state index in [1.165, 1.54) is 10.9 Å². The zero-order valence-corrected chi connectivity index (χ0v) is 10.6. The maximum Gasteiger partial charge on any atom is 0.143 e. The first kappa shape index (κ1) is 10.6. The molecule has 0 saturated carbocycles. The van der Waals surface area contributed by atoms with Crippen molar-refractivity contribution in [1.82, 2.24) is 15.0 Å². The highest BCUT2D eigenvalue weighted by Crippen LogP contribution is 2.36. The average Bonchev–Trinajstić information content (AvgIpc) is 2.68. The Balaban J connectivity index is 2.07. The number of aromatic nitrogens is 3. The number of aromatic amines is 1. The number of aryl methyl sites for hydroxylation is 1. The fourth-order valence-electron chi connectivity index (χ4n) is 2.66. The summed E-state index contributed by atoms with van der Waals surface area (Å²) < 4.78 is 0. The summed E-state index contributed by atoms with van der Waals surface area (Å²) in [5, 5.41) is 1.20. The van der Waals surface area contributed by atoms with Gasteiger partial charge in [-0.05, 0) is 17.4 Å². The highest BCUT2D eigenvalue weighted by Gasteiger charge is 2.36. The Morgan fingerprint density at radius 3 is 2.76 bits per heavy atom. The lowest BCUT2D eigenvalue weighted by Gasteiger charge is -2.46. The molecule has 0 aromatic carbocycles. The van der Waals surface area contributed by atoms with Gasteiger partial charge < -0.3 is 9.88 Å². The zero-order chi connectivity index (χ0) is 12.0. The summed E-state index contributed by atoms with van der Waals surface area (Å²) in [6.07, 6.45) is 4.71. The lowest BCUT2D eigenvalue weighted by Crippen LogP contribution is -2.53. The SMILES string of the molecule is CCc1c[nH]c2ncnc(N3CC(C)(C)C3)c12. The van der Waals surface area contributed by atoms with E-state index in [4.69, 9.17) is 0 Å². The van der Waals surface area contributed by atoms with Crippen molar-refractivity contribution in [3.05, 3.63) is 18.1 Å². The third-order valence-corrected chi connectivity index (χ3v) is 3.45. The maximum atomic E-state index is 4.47.